The van der Waals surface area contributed by atoms with Crippen LogP contribution in [-0.4, -0.2) is 18.5 Å². The lowest BCUT2D eigenvalue weighted by Crippen LogP contribution is -2.31. The number of methoxy groups -OCH3 is 1. The molecule has 0 radical (unpaired) electrons. The van der Waals surface area contributed by atoms with Crippen molar-refractivity contribution in [2.24, 2.45) is 0 Å². The average molecular weight is 142 g/mol. The molecular formula is C8H14O2. The lowest BCUT2D eigenvalue weighted by atomic mass is 10.1. The van der Waals surface area contributed by atoms with E-state index in [9.17, 15) is 0 Å². The summed E-state index contributed by atoms with van der Waals surface area (Å²) in [5.41, 5.74) is -0.176. The van der Waals surface area contributed by atoms with Crippen molar-refractivity contribution in [2.45, 2.75) is 32.2 Å². The number of hydrogen-bond donors (Lipinski definition) is 0. The summed E-state index contributed by atoms with van der Waals surface area (Å²) in [5, 5.41) is 0. The molecule has 0 aromatic carbocycles. The zero-order chi connectivity index (χ0) is 7.83. The van der Waals surface area contributed by atoms with Gasteiger partial charge in [-0.1, -0.05) is 6.08 Å². The molecule has 2 heteroatoms. The minimum Gasteiger partial charge on any atom is -0.350 e. The Labute approximate surface area is 61.8 Å². The molecule has 0 amide bonds. The SMILES string of the molecule is COC1(C)C=CC(C)(C)O1. The first-order valence-electron chi connectivity index (χ1n) is 3.43. The first-order chi connectivity index (χ1) is 4.47. The summed E-state index contributed by atoms with van der Waals surface area (Å²) in [6, 6.07) is 0. The molecule has 0 spiro atoms. The minimum absolute atomic E-state index is 0.176. The first-order valence-corrected chi connectivity index (χ1v) is 3.43. The summed E-state index contributed by atoms with van der Waals surface area (Å²) in [4.78, 5) is 0. The number of ether oxygens (including phenoxy) is 2. The van der Waals surface area contributed by atoms with Gasteiger partial charge in [0.25, 0.3) is 0 Å². The topological polar surface area (TPSA) is 18.5 Å². The molecule has 1 atom stereocenters. The molecule has 58 valence electrons. The predicted molar refractivity (Wildman–Crippen MR) is 39.7 cm³/mol. The Hall–Kier alpha value is -0.340. The molecule has 1 aliphatic heterocycles. The molecule has 0 aromatic heterocycles. The van der Waals surface area contributed by atoms with Crippen molar-refractivity contribution in [3.8, 4) is 0 Å². The van der Waals surface area contributed by atoms with Crippen LogP contribution in [0.3, 0.4) is 0 Å². The van der Waals surface area contributed by atoms with E-state index in [-0.39, 0.29) is 5.60 Å². The molecule has 1 rings (SSSR count). The molecule has 1 heterocycles. The van der Waals surface area contributed by atoms with Crippen LogP contribution in [0.5, 0.6) is 0 Å². The van der Waals surface area contributed by atoms with Crippen molar-refractivity contribution in [2.75, 3.05) is 7.11 Å². The normalized spacial score (nSPS) is 36.8. The fraction of sp³-hybridized carbons (Fsp3) is 0.750. The fourth-order valence-corrected chi connectivity index (χ4v) is 1.05. The van der Waals surface area contributed by atoms with Gasteiger partial charge >= 0.3 is 0 Å². The van der Waals surface area contributed by atoms with Crippen molar-refractivity contribution in [3.63, 3.8) is 0 Å². The van der Waals surface area contributed by atoms with Crippen LogP contribution in [0.4, 0.5) is 0 Å². The van der Waals surface area contributed by atoms with E-state index in [0.717, 1.165) is 0 Å². The predicted octanol–water partition coefficient (Wildman–Crippen LogP) is 1.71. The summed E-state index contributed by atoms with van der Waals surface area (Å²) in [6.45, 7) is 5.92. The van der Waals surface area contributed by atoms with Gasteiger partial charge in [-0.15, -0.1) is 0 Å². The maximum atomic E-state index is 5.55. The van der Waals surface area contributed by atoms with Gasteiger partial charge in [-0.05, 0) is 26.8 Å². The van der Waals surface area contributed by atoms with Crippen LogP contribution in [0.2, 0.25) is 0 Å². The van der Waals surface area contributed by atoms with Gasteiger partial charge in [-0.2, -0.15) is 0 Å². The minimum atomic E-state index is -0.510. The second kappa shape index (κ2) is 2.07. The Balaban J connectivity index is 2.69. The average Bonchev–Trinajstić information content (AvgIpc) is 2.08. The van der Waals surface area contributed by atoms with Gasteiger partial charge in [0.2, 0.25) is 0 Å². The molecule has 0 N–H and O–H groups in total. The highest BCUT2D eigenvalue weighted by Gasteiger charge is 2.35. The maximum absolute atomic E-state index is 5.55. The van der Waals surface area contributed by atoms with Crippen molar-refractivity contribution in [1.82, 2.24) is 0 Å². The second-order valence-electron chi connectivity index (χ2n) is 3.26. The Morgan fingerprint density at radius 3 is 2.00 bits per heavy atom. The van der Waals surface area contributed by atoms with Crippen molar-refractivity contribution >= 4 is 0 Å². The van der Waals surface area contributed by atoms with E-state index in [1.165, 1.54) is 0 Å². The van der Waals surface area contributed by atoms with Crippen LogP contribution >= 0.6 is 0 Å². The van der Waals surface area contributed by atoms with E-state index in [2.05, 4.69) is 0 Å². The van der Waals surface area contributed by atoms with E-state index >= 15 is 0 Å². The highest BCUT2D eigenvalue weighted by molar-refractivity contribution is 5.10. The van der Waals surface area contributed by atoms with E-state index < -0.39 is 5.79 Å². The molecule has 0 bridgehead atoms. The van der Waals surface area contributed by atoms with Gasteiger partial charge in [-0.25, -0.2) is 0 Å². The highest BCUT2D eigenvalue weighted by atomic mass is 16.7. The second-order valence-corrected chi connectivity index (χ2v) is 3.26. The molecular weight excluding hydrogens is 128 g/mol. The quantitative estimate of drug-likeness (QED) is 0.519. The Bertz CT molecular complexity index is 161. The van der Waals surface area contributed by atoms with Crippen LogP contribution in [0.1, 0.15) is 20.8 Å². The molecule has 0 saturated heterocycles. The molecule has 2 nitrogen and oxygen atoms in total. The molecule has 1 unspecified atom stereocenters. The standard InChI is InChI=1S/C8H14O2/c1-7(2)5-6-8(3,9-4)10-7/h5-6H,1-4H3. The van der Waals surface area contributed by atoms with Crippen molar-refractivity contribution in [3.05, 3.63) is 12.2 Å². The summed E-state index contributed by atoms with van der Waals surface area (Å²) >= 11 is 0. The van der Waals surface area contributed by atoms with Gasteiger partial charge in [0.15, 0.2) is 5.79 Å². The molecule has 1 aliphatic rings. The summed E-state index contributed by atoms with van der Waals surface area (Å²) in [6.07, 6.45) is 3.95. The molecule has 10 heavy (non-hydrogen) atoms. The van der Waals surface area contributed by atoms with Crippen LogP contribution in [0, 0.1) is 0 Å². The van der Waals surface area contributed by atoms with Crippen molar-refractivity contribution < 1.29 is 9.47 Å². The zero-order valence-electron chi connectivity index (χ0n) is 6.97. The van der Waals surface area contributed by atoms with Crippen LogP contribution in [0.15, 0.2) is 12.2 Å². The third-order valence-corrected chi connectivity index (χ3v) is 1.66. The van der Waals surface area contributed by atoms with Crippen LogP contribution < -0.4 is 0 Å². The van der Waals surface area contributed by atoms with Gasteiger partial charge in [0.1, 0.15) is 0 Å². The van der Waals surface area contributed by atoms with Gasteiger partial charge in [0.05, 0.1) is 5.60 Å². The fourth-order valence-electron chi connectivity index (χ4n) is 1.05. The molecule has 0 fully saturated rings. The first kappa shape index (κ1) is 7.76. The maximum Gasteiger partial charge on any atom is 0.185 e. The summed E-state index contributed by atoms with van der Waals surface area (Å²) in [5.74, 6) is -0.510. The highest BCUT2D eigenvalue weighted by Crippen LogP contribution is 2.30. The Morgan fingerprint density at radius 2 is 1.80 bits per heavy atom. The molecule has 0 aromatic rings. The summed E-state index contributed by atoms with van der Waals surface area (Å²) < 4.78 is 10.7. The van der Waals surface area contributed by atoms with Crippen molar-refractivity contribution in [1.29, 1.82) is 0 Å². The number of rotatable bonds is 1. The van der Waals surface area contributed by atoms with Crippen LogP contribution in [-0.2, 0) is 9.47 Å². The van der Waals surface area contributed by atoms with Crippen LogP contribution in [0.25, 0.3) is 0 Å². The molecule has 0 saturated carbocycles. The Kier molecular flexibility index (Phi) is 1.61. The third-order valence-electron chi connectivity index (χ3n) is 1.66. The van der Waals surface area contributed by atoms with E-state index in [4.69, 9.17) is 9.47 Å². The van der Waals surface area contributed by atoms with E-state index in [0.29, 0.717) is 0 Å². The lowest BCUT2D eigenvalue weighted by molar-refractivity contribution is -0.202. The van der Waals surface area contributed by atoms with Gasteiger partial charge < -0.3 is 9.47 Å². The monoisotopic (exact) mass is 142 g/mol. The molecule has 0 aliphatic carbocycles. The Morgan fingerprint density at radius 1 is 1.20 bits per heavy atom. The van der Waals surface area contributed by atoms with Gasteiger partial charge in [-0.3, -0.25) is 0 Å². The van der Waals surface area contributed by atoms with Gasteiger partial charge in [0, 0.05) is 7.11 Å². The zero-order valence-corrected chi connectivity index (χ0v) is 6.97. The third kappa shape index (κ3) is 1.39. The number of hydrogen-bond acceptors (Lipinski definition) is 2. The summed E-state index contributed by atoms with van der Waals surface area (Å²) in [7, 11) is 1.64. The smallest absolute Gasteiger partial charge is 0.185 e. The van der Waals surface area contributed by atoms with E-state index in [1.807, 2.05) is 32.9 Å². The van der Waals surface area contributed by atoms with E-state index in [1.54, 1.807) is 7.11 Å². The largest absolute Gasteiger partial charge is 0.350 e. The lowest BCUT2D eigenvalue weighted by Gasteiger charge is -2.26.